The highest BCUT2D eigenvalue weighted by Gasteiger charge is 2.41. The summed E-state index contributed by atoms with van der Waals surface area (Å²) in [5.74, 6) is 0.671. The number of nitrogens with zero attached hydrogens (tertiary/aromatic N) is 3. The van der Waals surface area contributed by atoms with Crippen LogP contribution in [0.1, 0.15) is 25.1 Å². The van der Waals surface area contributed by atoms with Gasteiger partial charge in [0.15, 0.2) is 0 Å². The average molecular weight is 238 g/mol. The Morgan fingerprint density at radius 3 is 2.38 bits per heavy atom. The van der Waals surface area contributed by atoms with Crippen LogP contribution in [-0.2, 0) is 5.41 Å². The molecule has 4 heteroatoms. The average Bonchev–Trinajstić information content (AvgIpc) is 2.07. The van der Waals surface area contributed by atoms with Gasteiger partial charge in [0, 0.05) is 12.4 Å². The molecule has 1 aliphatic carbocycles. The van der Waals surface area contributed by atoms with Gasteiger partial charge in [-0.25, -0.2) is 9.97 Å². The van der Waals surface area contributed by atoms with Gasteiger partial charge < -0.3 is 0 Å². The minimum atomic E-state index is -0.388. The van der Waals surface area contributed by atoms with Crippen molar-refractivity contribution < 1.29 is 0 Å². The van der Waals surface area contributed by atoms with Gasteiger partial charge in [0.1, 0.15) is 11.2 Å². The monoisotopic (exact) mass is 237 g/mol. The van der Waals surface area contributed by atoms with Crippen molar-refractivity contribution in [1.29, 1.82) is 5.26 Å². The summed E-state index contributed by atoms with van der Waals surface area (Å²) in [5, 5.41) is 9.02. The Morgan fingerprint density at radius 2 is 2.00 bits per heavy atom. The first kappa shape index (κ1) is 8.64. The van der Waals surface area contributed by atoms with E-state index in [2.05, 4.69) is 32.0 Å². The summed E-state index contributed by atoms with van der Waals surface area (Å²) < 4.78 is 0.851. The van der Waals surface area contributed by atoms with E-state index < -0.39 is 0 Å². The molecule has 13 heavy (non-hydrogen) atoms. The predicted octanol–water partition coefficient (Wildman–Crippen LogP) is 2.18. The first-order valence-corrected chi connectivity index (χ1v) is 4.95. The molecule has 1 fully saturated rings. The maximum Gasteiger partial charge on any atom is 0.148 e. The van der Waals surface area contributed by atoms with Gasteiger partial charge in [0.05, 0.1) is 10.5 Å². The highest BCUT2D eigenvalue weighted by Crippen LogP contribution is 2.41. The fraction of sp³-hybridized carbons (Fsp3) is 0.444. The Morgan fingerprint density at radius 1 is 1.38 bits per heavy atom. The van der Waals surface area contributed by atoms with Crippen molar-refractivity contribution in [3.05, 3.63) is 22.7 Å². The Balaban J connectivity index is 2.35. The van der Waals surface area contributed by atoms with E-state index in [9.17, 15) is 0 Å². The van der Waals surface area contributed by atoms with Crippen LogP contribution in [0.4, 0.5) is 0 Å². The molecule has 1 heterocycles. The molecule has 0 aromatic carbocycles. The fourth-order valence-corrected chi connectivity index (χ4v) is 1.68. The molecule has 66 valence electrons. The maximum absolute atomic E-state index is 9.02. The molecule has 1 aromatic heterocycles. The molecule has 3 nitrogen and oxygen atoms in total. The summed E-state index contributed by atoms with van der Waals surface area (Å²) in [6, 6.07) is 2.31. The molecular formula is C9H8BrN3. The lowest BCUT2D eigenvalue weighted by molar-refractivity contribution is 0.307. The third-order valence-electron chi connectivity index (χ3n) is 2.47. The van der Waals surface area contributed by atoms with Gasteiger partial charge >= 0.3 is 0 Å². The first-order chi connectivity index (χ1) is 6.27. The lowest BCUT2D eigenvalue weighted by Crippen LogP contribution is -2.34. The first-order valence-electron chi connectivity index (χ1n) is 4.16. The van der Waals surface area contributed by atoms with Crippen LogP contribution >= 0.6 is 15.9 Å². The normalized spacial score (nSPS) is 18.8. The van der Waals surface area contributed by atoms with Crippen molar-refractivity contribution in [1.82, 2.24) is 9.97 Å². The molecule has 0 atom stereocenters. The van der Waals surface area contributed by atoms with E-state index in [0.29, 0.717) is 5.82 Å². The molecule has 0 N–H and O–H groups in total. The van der Waals surface area contributed by atoms with Gasteiger partial charge in [0.25, 0.3) is 0 Å². The van der Waals surface area contributed by atoms with Gasteiger partial charge in [-0.05, 0) is 35.2 Å². The molecule has 0 amide bonds. The van der Waals surface area contributed by atoms with E-state index in [0.717, 1.165) is 23.7 Å². The van der Waals surface area contributed by atoms with Crippen LogP contribution in [0.25, 0.3) is 0 Å². The summed E-state index contributed by atoms with van der Waals surface area (Å²) in [6.07, 6.45) is 6.28. The van der Waals surface area contributed by atoms with E-state index in [1.54, 1.807) is 12.4 Å². The number of rotatable bonds is 1. The molecule has 0 radical (unpaired) electrons. The number of hydrogen-bond acceptors (Lipinski definition) is 3. The highest BCUT2D eigenvalue weighted by atomic mass is 79.9. The van der Waals surface area contributed by atoms with E-state index >= 15 is 0 Å². The summed E-state index contributed by atoms with van der Waals surface area (Å²) in [4.78, 5) is 8.33. The van der Waals surface area contributed by atoms with E-state index in [1.807, 2.05) is 0 Å². The maximum atomic E-state index is 9.02. The van der Waals surface area contributed by atoms with Crippen molar-refractivity contribution in [3.63, 3.8) is 0 Å². The van der Waals surface area contributed by atoms with Crippen LogP contribution in [0.15, 0.2) is 16.9 Å². The molecule has 0 spiro atoms. The van der Waals surface area contributed by atoms with Crippen LogP contribution in [0.5, 0.6) is 0 Å². The molecule has 0 unspecified atom stereocenters. The Hall–Kier alpha value is -0.950. The molecule has 1 aliphatic rings. The number of nitriles is 1. The van der Waals surface area contributed by atoms with Gasteiger partial charge in [-0.1, -0.05) is 0 Å². The molecule has 2 rings (SSSR count). The van der Waals surface area contributed by atoms with Gasteiger partial charge in [-0.15, -0.1) is 0 Å². The number of aromatic nitrogens is 2. The van der Waals surface area contributed by atoms with Crippen molar-refractivity contribution in [3.8, 4) is 6.07 Å². The van der Waals surface area contributed by atoms with Crippen LogP contribution in [0, 0.1) is 11.3 Å². The van der Waals surface area contributed by atoms with Crippen LogP contribution in [-0.4, -0.2) is 9.97 Å². The summed E-state index contributed by atoms with van der Waals surface area (Å²) in [7, 11) is 0. The Bertz CT molecular complexity index is 348. The number of halogens is 1. The SMILES string of the molecule is N#CC1(c2ncc(Br)cn2)CCC1. The lowest BCUT2D eigenvalue weighted by atomic mass is 9.69. The van der Waals surface area contributed by atoms with Crippen LogP contribution in [0.2, 0.25) is 0 Å². The zero-order chi connectivity index (χ0) is 9.31. The van der Waals surface area contributed by atoms with Crippen molar-refractivity contribution in [2.75, 3.05) is 0 Å². The topological polar surface area (TPSA) is 49.6 Å². The summed E-state index contributed by atoms with van der Waals surface area (Å²) >= 11 is 3.27. The van der Waals surface area contributed by atoms with Crippen molar-refractivity contribution >= 4 is 15.9 Å². The van der Waals surface area contributed by atoms with Crippen LogP contribution in [0.3, 0.4) is 0 Å². The molecule has 0 bridgehead atoms. The second-order valence-electron chi connectivity index (χ2n) is 3.27. The summed E-state index contributed by atoms with van der Waals surface area (Å²) in [5.41, 5.74) is -0.388. The fourth-order valence-electron chi connectivity index (χ4n) is 1.48. The quantitative estimate of drug-likeness (QED) is 0.753. The molecule has 1 saturated carbocycles. The van der Waals surface area contributed by atoms with E-state index in [1.165, 1.54) is 0 Å². The van der Waals surface area contributed by atoms with E-state index in [4.69, 9.17) is 5.26 Å². The smallest absolute Gasteiger partial charge is 0.148 e. The zero-order valence-electron chi connectivity index (χ0n) is 7.00. The zero-order valence-corrected chi connectivity index (χ0v) is 8.58. The molecule has 1 aromatic rings. The van der Waals surface area contributed by atoms with Crippen molar-refractivity contribution in [2.24, 2.45) is 0 Å². The predicted molar refractivity (Wildman–Crippen MR) is 50.9 cm³/mol. The van der Waals surface area contributed by atoms with Gasteiger partial charge in [0.2, 0.25) is 0 Å². The molecule has 0 saturated heterocycles. The second-order valence-corrected chi connectivity index (χ2v) is 4.19. The minimum Gasteiger partial charge on any atom is -0.238 e. The van der Waals surface area contributed by atoms with E-state index in [-0.39, 0.29) is 5.41 Å². The Kier molecular flexibility index (Phi) is 2.04. The number of hydrogen-bond donors (Lipinski definition) is 0. The Labute approximate surface area is 84.9 Å². The van der Waals surface area contributed by atoms with Crippen molar-refractivity contribution in [2.45, 2.75) is 24.7 Å². The highest BCUT2D eigenvalue weighted by molar-refractivity contribution is 9.10. The third-order valence-corrected chi connectivity index (χ3v) is 2.88. The standard InChI is InChI=1S/C9H8BrN3/c10-7-4-12-8(13-5-7)9(6-11)2-1-3-9/h4-5H,1-3H2. The second kappa shape index (κ2) is 3.08. The lowest BCUT2D eigenvalue weighted by Gasteiger charge is -2.33. The van der Waals surface area contributed by atoms with Crippen LogP contribution < -0.4 is 0 Å². The van der Waals surface area contributed by atoms with Gasteiger partial charge in [-0.2, -0.15) is 5.26 Å². The minimum absolute atomic E-state index is 0.388. The molecule has 0 aliphatic heterocycles. The van der Waals surface area contributed by atoms with Gasteiger partial charge in [-0.3, -0.25) is 0 Å². The largest absolute Gasteiger partial charge is 0.238 e. The molecular weight excluding hydrogens is 230 g/mol. The third kappa shape index (κ3) is 1.33. The summed E-state index contributed by atoms with van der Waals surface area (Å²) in [6.45, 7) is 0.